The van der Waals surface area contributed by atoms with Crippen LogP contribution in [0.3, 0.4) is 0 Å². The highest BCUT2D eigenvalue weighted by Crippen LogP contribution is 2.29. The van der Waals surface area contributed by atoms with Gasteiger partial charge in [-0.15, -0.1) is 0 Å². The number of amides is 2. The number of rotatable bonds is 11. The Balaban J connectivity index is 1.73. The van der Waals surface area contributed by atoms with Gasteiger partial charge in [-0.05, 0) is 67.6 Å². The Kier molecular flexibility index (Phi) is 10.3. The molecule has 0 aliphatic heterocycles. The summed E-state index contributed by atoms with van der Waals surface area (Å²) >= 11 is 12.9. The number of aryl methyl sites for hydroxylation is 1. The lowest BCUT2D eigenvalue weighted by molar-refractivity contribution is -0.140. The lowest BCUT2D eigenvalue weighted by Gasteiger charge is -2.34. The Hall–Kier alpha value is -3.07. The molecule has 1 atom stereocenters. The number of anilines is 1. The Morgan fingerprint density at radius 1 is 0.951 bits per heavy atom. The molecule has 2 amide bonds. The van der Waals surface area contributed by atoms with Gasteiger partial charge in [-0.1, -0.05) is 85.4 Å². The van der Waals surface area contributed by atoms with Crippen molar-refractivity contribution in [3.8, 4) is 0 Å². The molecule has 0 aromatic heterocycles. The van der Waals surface area contributed by atoms with Crippen LogP contribution in [0.2, 0.25) is 10.0 Å². The van der Waals surface area contributed by atoms with Crippen molar-refractivity contribution in [3.63, 3.8) is 0 Å². The van der Waals surface area contributed by atoms with Gasteiger partial charge >= 0.3 is 0 Å². The summed E-state index contributed by atoms with van der Waals surface area (Å²) in [5.74, 6) is -0.787. The third-order valence-corrected chi connectivity index (χ3v) is 10.0. The van der Waals surface area contributed by atoms with E-state index < -0.39 is 28.5 Å². The molecular formula is C31H35Cl2N3O4S. The fourth-order valence-electron chi connectivity index (χ4n) is 5.08. The molecule has 3 aromatic rings. The largest absolute Gasteiger partial charge is 0.352 e. The number of hydrogen-bond donors (Lipinski definition) is 1. The Morgan fingerprint density at radius 2 is 1.61 bits per heavy atom. The fraction of sp³-hybridized carbons (Fsp3) is 0.355. The first-order valence-corrected chi connectivity index (χ1v) is 16.0. The second-order valence-electron chi connectivity index (χ2n) is 10.3. The molecule has 7 nitrogen and oxygen atoms in total. The average molecular weight is 617 g/mol. The molecular weight excluding hydrogens is 581 g/mol. The van der Waals surface area contributed by atoms with Crippen LogP contribution in [0.25, 0.3) is 0 Å². The van der Waals surface area contributed by atoms with E-state index in [4.69, 9.17) is 23.2 Å². The number of nitrogens with zero attached hydrogens (tertiary/aromatic N) is 2. The lowest BCUT2D eigenvalue weighted by atomic mass is 10.1. The first-order chi connectivity index (χ1) is 19.6. The van der Waals surface area contributed by atoms with Crippen molar-refractivity contribution in [1.29, 1.82) is 0 Å². The summed E-state index contributed by atoms with van der Waals surface area (Å²) in [5.41, 5.74) is 1.68. The molecule has 3 aromatic carbocycles. The molecule has 1 unspecified atom stereocenters. The van der Waals surface area contributed by atoms with Gasteiger partial charge < -0.3 is 10.2 Å². The van der Waals surface area contributed by atoms with Gasteiger partial charge in [0, 0.05) is 22.6 Å². The Morgan fingerprint density at radius 3 is 2.24 bits per heavy atom. The summed E-state index contributed by atoms with van der Waals surface area (Å²) in [6.45, 7) is 3.16. The van der Waals surface area contributed by atoms with Crippen molar-refractivity contribution in [3.05, 3.63) is 94.0 Å². The summed E-state index contributed by atoms with van der Waals surface area (Å²) in [6, 6.07) is 19.2. The molecule has 1 N–H and O–H groups in total. The van der Waals surface area contributed by atoms with E-state index in [9.17, 15) is 18.0 Å². The molecule has 1 aliphatic carbocycles. The van der Waals surface area contributed by atoms with Gasteiger partial charge in [0.15, 0.2) is 0 Å². The SMILES string of the molecule is CCC(C(=O)NC1CCCC1)N(Cc1ccccc1Cl)C(=O)CN(c1ccc(C)c(Cl)c1)S(=O)(=O)c1ccccc1. The number of carbonyl (C=O) groups excluding carboxylic acids is 2. The van der Waals surface area contributed by atoms with Gasteiger partial charge in [0.05, 0.1) is 10.6 Å². The zero-order chi connectivity index (χ0) is 29.6. The second-order valence-corrected chi connectivity index (χ2v) is 13.0. The number of nitrogens with one attached hydrogen (secondary N) is 1. The summed E-state index contributed by atoms with van der Waals surface area (Å²) in [7, 11) is -4.16. The third-order valence-electron chi connectivity index (χ3n) is 7.44. The van der Waals surface area contributed by atoms with Crippen molar-refractivity contribution in [2.24, 2.45) is 0 Å². The van der Waals surface area contributed by atoms with Crippen LogP contribution >= 0.6 is 23.2 Å². The molecule has 218 valence electrons. The number of hydrogen-bond acceptors (Lipinski definition) is 4. The van der Waals surface area contributed by atoms with E-state index in [1.54, 1.807) is 48.5 Å². The summed E-state index contributed by atoms with van der Waals surface area (Å²) in [4.78, 5) is 29.2. The minimum Gasteiger partial charge on any atom is -0.352 e. The molecule has 1 saturated carbocycles. The van der Waals surface area contributed by atoms with Crippen LogP contribution in [-0.2, 0) is 26.2 Å². The molecule has 0 bridgehead atoms. The van der Waals surface area contributed by atoms with Gasteiger partial charge in [-0.3, -0.25) is 13.9 Å². The van der Waals surface area contributed by atoms with E-state index in [0.717, 1.165) is 35.6 Å². The molecule has 0 saturated heterocycles. The van der Waals surface area contributed by atoms with Crippen LogP contribution in [0, 0.1) is 6.92 Å². The summed E-state index contributed by atoms with van der Waals surface area (Å²) < 4.78 is 28.9. The monoisotopic (exact) mass is 615 g/mol. The second kappa shape index (κ2) is 13.7. The van der Waals surface area contributed by atoms with Crippen LogP contribution < -0.4 is 9.62 Å². The lowest BCUT2D eigenvalue weighted by Crippen LogP contribution is -2.53. The van der Waals surface area contributed by atoms with Crippen molar-refractivity contribution in [2.75, 3.05) is 10.8 Å². The molecule has 10 heteroatoms. The van der Waals surface area contributed by atoms with E-state index in [0.29, 0.717) is 22.0 Å². The maximum atomic E-state index is 14.2. The van der Waals surface area contributed by atoms with Gasteiger partial charge in [-0.25, -0.2) is 8.42 Å². The number of carbonyl (C=O) groups is 2. The quantitative estimate of drug-likeness (QED) is 0.272. The molecule has 1 aliphatic rings. The fourth-order valence-corrected chi connectivity index (χ4v) is 6.88. The van der Waals surface area contributed by atoms with Gasteiger partial charge in [0.1, 0.15) is 12.6 Å². The van der Waals surface area contributed by atoms with Gasteiger partial charge in [0.2, 0.25) is 11.8 Å². The van der Waals surface area contributed by atoms with Crippen molar-refractivity contribution in [2.45, 2.75) is 69.5 Å². The Bertz CT molecular complexity index is 1480. The van der Waals surface area contributed by atoms with E-state index in [1.165, 1.54) is 23.1 Å². The smallest absolute Gasteiger partial charge is 0.264 e. The van der Waals surface area contributed by atoms with Gasteiger partial charge in [0.25, 0.3) is 10.0 Å². The van der Waals surface area contributed by atoms with Gasteiger partial charge in [-0.2, -0.15) is 0 Å². The minimum atomic E-state index is -4.16. The summed E-state index contributed by atoms with van der Waals surface area (Å²) in [6.07, 6.45) is 4.25. The van der Waals surface area contributed by atoms with Crippen LogP contribution in [-0.4, -0.2) is 43.8 Å². The van der Waals surface area contributed by atoms with Crippen molar-refractivity contribution < 1.29 is 18.0 Å². The molecule has 1 fully saturated rings. The van der Waals surface area contributed by atoms with E-state index in [2.05, 4.69) is 5.32 Å². The van der Waals surface area contributed by atoms with Crippen molar-refractivity contribution in [1.82, 2.24) is 10.2 Å². The average Bonchev–Trinajstić information content (AvgIpc) is 3.47. The molecule has 0 heterocycles. The standard InChI is InChI=1S/C31H35Cl2N3O4S/c1-3-29(31(38)34-24-12-8-9-13-24)35(20-23-11-7-10-16-27(23)32)30(37)21-36(25-18-17-22(2)28(33)19-25)41(39,40)26-14-5-4-6-15-26/h4-7,10-11,14-19,24,29H,3,8-9,12-13,20-21H2,1-2H3,(H,34,38). The van der Waals surface area contributed by atoms with Crippen LogP contribution in [0.15, 0.2) is 77.7 Å². The number of sulfonamides is 1. The highest BCUT2D eigenvalue weighted by atomic mass is 35.5. The first kappa shape index (κ1) is 30.9. The molecule has 0 radical (unpaired) electrons. The predicted octanol–water partition coefficient (Wildman–Crippen LogP) is 6.36. The van der Waals surface area contributed by atoms with Crippen molar-refractivity contribution >= 4 is 50.7 Å². The number of halogens is 2. The minimum absolute atomic E-state index is 0.0353. The zero-order valence-electron chi connectivity index (χ0n) is 23.2. The molecule has 0 spiro atoms. The molecule has 4 rings (SSSR count). The third kappa shape index (κ3) is 7.42. The summed E-state index contributed by atoms with van der Waals surface area (Å²) in [5, 5.41) is 3.93. The topological polar surface area (TPSA) is 86.8 Å². The normalized spacial score (nSPS) is 14.4. The number of benzene rings is 3. The van der Waals surface area contributed by atoms with E-state index in [-0.39, 0.29) is 29.1 Å². The predicted molar refractivity (Wildman–Crippen MR) is 164 cm³/mol. The maximum absolute atomic E-state index is 14.2. The maximum Gasteiger partial charge on any atom is 0.264 e. The van der Waals surface area contributed by atoms with Crippen LogP contribution in [0.1, 0.15) is 50.2 Å². The van der Waals surface area contributed by atoms with E-state index >= 15 is 0 Å². The highest BCUT2D eigenvalue weighted by molar-refractivity contribution is 7.92. The van der Waals surface area contributed by atoms with Crippen LogP contribution in [0.4, 0.5) is 5.69 Å². The van der Waals surface area contributed by atoms with Crippen LogP contribution in [0.5, 0.6) is 0 Å². The first-order valence-electron chi connectivity index (χ1n) is 13.8. The molecule has 41 heavy (non-hydrogen) atoms. The van der Waals surface area contributed by atoms with E-state index in [1.807, 2.05) is 19.9 Å². The zero-order valence-corrected chi connectivity index (χ0v) is 25.6. The highest BCUT2D eigenvalue weighted by Gasteiger charge is 2.35. The Labute approximate surface area is 252 Å².